The highest BCUT2D eigenvalue weighted by Gasteiger charge is 2.36. The summed E-state index contributed by atoms with van der Waals surface area (Å²) in [6.07, 6.45) is 6.54. The van der Waals surface area contributed by atoms with Crippen LogP contribution in [-0.4, -0.2) is 36.0 Å². The van der Waals surface area contributed by atoms with Crippen molar-refractivity contribution in [3.8, 4) is 0 Å². The van der Waals surface area contributed by atoms with E-state index in [1.165, 1.54) is 18.4 Å². The third kappa shape index (κ3) is 4.12. The quantitative estimate of drug-likeness (QED) is 0.876. The number of hydrogen-bond acceptors (Lipinski definition) is 3. The lowest BCUT2D eigenvalue weighted by Gasteiger charge is -2.35. The van der Waals surface area contributed by atoms with Crippen LogP contribution in [0.1, 0.15) is 44.1 Å². The number of hydrogen-bond donors (Lipinski definition) is 2. The normalized spacial score (nSPS) is 24.5. The molecule has 1 atom stereocenters. The molecule has 0 aromatic heterocycles. The lowest BCUT2D eigenvalue weighted by Crippen LogP contribution is -2.55. The zero-order chi connectivity index (χ0) is 16.1. The van der Waals surface area contributed by atoms with E-state index >= 15 is 0 Å². The SMILES string of the molecule is NCC1(NC(=O)C2CCCN(Cc3ccccc3)C2)CCCC1. The molecule has 1 saturated heterocycles. The average molecular weight is 315 g/mol. The molecule has 4 nitrogen and oxygen atoms in total. The third-order valence-electron chi connectivity index (χ3n) is 5.47. The Labute approximate surface area is 139 Å². The van der Waals surface area contributed by atoms with Gasteiger partial charge in [-0.05, 0) is 37.8 Å². The molecule has 126 valence electrons. The van der Waals surface area contributed by atoms with Gasteiger partial charge in [0.1, 0.15) is 0 Å². The fourth-order valence-corrected chi connectivity index (χ4v) is 4.05. The summed E-state index contributed by atoms with van der Waals surface area (Å²) in [5.74, 6) is 0.326. The van der Waals surface area contributed by atoms with Gasteiger partial charge < -0.3 is 11.1 Å². The van der Waals surface area contributed by atoms with E-state index in [-0.39, 0.29) is 17.4 Å². The van der Waals surface area contributed by atoms with Crippen LogP contribution < -0.4 is 11.1 Å². The topological polar surface area (TPSA) is 58.4 Å². The van der Waals surface area contributed by atoms with Crippen molar-refractivity contribution >= 4 is 5.91 Å². The third-order valence-corrected chi connectivity index (χ3v) is 5.47. The van der Waals surface area contributed by atoms with Crippen molar-refractivity contribution in [2.75, 3.05) is 19.6 Å². The second-order valence-corrected chi connectivity index (χ2v) is 7.24. The Morgan fingerprint density at radius 3 is 2.65 bits per heavy atom. The van der Waals surface area contributed by atoms with E-state index in [0.29, 0.717) is 6.54 Å². The number of carbonyl (C=O) groups excluding carboxylic acids is 1. The molecule has 1 saturated carbocycles. The van der Waals surface area contributed by atoms with Gasteiger partial charge in [0.05, 0.1) is 11.5 Å². The zero-order valence-corrected chi connectivity index (χ0v) is 14.0. The number of piperidine rings is 1. The van der Waals surface area contributed by atoms with E-state index in [9.17, 15) is 4.79 Å². The molecule has 1 aliphatic carbocycles. The monoisotopic (exact) mass is 315 g/mol. The number of nitrogens with zero attached hydrogens (tertiary/aromatic N) is 1. The van der Waals surface area contributed by atoms with Crippen molar-refractivity contribution in [2.24, 2.45) is 11.7 Å². The van der Waals surface area contributed by atoms with Crippen molar-refractivity contribution in [2.45, 2.75) is 50.6 Å². The molecule has 1 aromatic rings. The molecule has 3 N–H and O–H groups in total. The Balaban J connectivity index is 1.56. The molecule has 0 radical (unpaired) electrons. The van der Waals surface area contributed by atoms with Gasteiger partial charge in [0, 0.05) is 19.6 Å². The standard InChI is InChI=1S/C19H29N3O/c20-15-19(10-4-5-11-19)21-18(23)17-9-6-12-22(14-17)13-16-7-2-1-3-8-16/h1-3,7-8,17H,4-6,9-15,20H2,(H,21,23). The number of likely N-dealkylation sites (tertiary alicyclic amines) is 1. The van der Waals surface area contributed by atoms with Gasteiger partial charge in [0.2, 0.25) is 5.91 Å². The molecule has 0 spiro atoms. The van der Waals surface area contributed by atoms with Crippen molar-refractivity contribution in [1.82, 2.24) is 10.2 Å². The molecule has 23 heavy (non-hydrogen) atoms. The molecule has 1 aromatic carbocycles. The van der Waals surface area contributed by atoms with Crippen molar-refractivity contribution < 1.29 is 4.79 Å². The lowest BCUT2D eigenvalue weighted by atomic mass is 9.92. The van der Waals surface area contributed by atoms with Crippen LogP contribution in [0.3, 0.4) is 0 Å². The minimum Gasteiger partial charge on any atom is -0.349 e. The molecule has 4 heteroatoms. The summed E-state index contributed by atoms with van der Waals surface area (Å²) in [5, 5.41) is 3.31. The van der Waals surface area contributed by atoms with Gasteiger partial charge in [0.25, 0.3) is 0 Å². The second-order valence-electron chi connectivity index (χ2n) is 7.24. The minimum atomic E-state index is -0.126. The molecule has 0 bridgehead atoms. The van der Waals surface area contributed by atoms with Crippen LogP contribution >= 0.6 is 0 Å². The minimum absolute atomic E-state index is 0.108. The van der Waals surface area contributed by atoms with Gasteiger partial charge in [-0.3, -0.25) is 9.69 Å². The summed E-state index contributed by atoms with van der Waals surface area (Å²) in [6, 6.07) is 10.5. The van der Waals surface area contributed by atoms with Gasteiger partial charge in [-0.1, -0.05) is 43.2 Å². The first-order valence-corrected chi connectivity index (χ1v) is 8.99. The highest BCUT2D eigenvalue weighted by Crippen LogP contribution is 2.29. The van der Waals surface area contributed by atoms with Crippen LogP contribution in [0.25, 0.3) is 0 Å². The number of benzene rings is 1. The number of nitrogens with two attached hydrogens (primary N) is 1. The highest BCUT2D eigenvalue weighted by atomic mass is 16.2. The molecule has 1 aliphatic heterocycles. The van der Waals surface area contributed by atoms with Gasteiger partial charge in [-0.25, -0.2) is 0 Å². The number of rotatable bonds is 5. The summed E-state index contributed by atoms with van der Waals surface area (Å²) >= 11 is 0. The van der Waals surface area contributed by atoms with Gasteiger partial charge >= 0.3 is 0 Å². The van der Waals surface area contributed by atoms with Gasteiger partial charge in [-0.2, -0.15) is 0 Å². The maximum absolute atomic E-state index is 12.7. The van der Waals surface area contributed by atoms with Gasteiger partial charge in [-0.15, -0.1) is 0 Å². The van der Waals surface area contributed by atoms with Crippen LogP contribution in [0.5, 0.6) is 0 Å². The number of carbonyl (C=O) groups is 1. The Bertz CT molecular complexity index is 511. The van der Waals surface area contributed by atoms with Crippen LogP contribution in [0.15, 0.2) is 30.3 Å². The Hall–Kier alpha value is -1.39. The number of amides is 1. The van der Waals surface area contributed by atoms with E-state index in [2.05, 4.69) is 34.5 Å². The molecule has 1 heterocycles. The predicted molar refractivity (Wildman–Crippen MR) is 92.8 cm³/mol. The van der Waals surface area contributed by atoms with Crippen molar-refractivity contribution in [3.05, 3.63) is 35.9 Å². The first kappa shape index (κ1) is 16.5. The predicted octanol–water partition coefficient (Wildman–Crippen LogP) is 2.29. The first-order chi connectivity index (χ1) is 11.2. The Morgan fingerprint density at radius 1 is 1.22 bits per heavy atom. The highest BCUT2D eigenvalue weighted by molar-refractivity contribution is 5.79. The smallest absolute Gasteiger partial charge is 0.224 e. The van der Waals surface area contributed by atoms with Gasteiger partial charge in [0.15, 0.2) is 0 Å². The maximum Gasteiger partial charge on any atom is 0.224 e. The van der Waals surface area contributed by atoms with Crippen LogP contribution in [0, 0.1) is 5.92 Å². The van der Waals surface area contributed by atoms with Crippen molar-refractivity contribution in [1.29, 1.82) is 0 Å². The molecule has 1 amide bonds. The molecule has 2 fully saturated rings. The Kier molecular flexibility index (Phi) is 5.34. The van der Waals surface area contributed by atoms with Crippen LogP contribution in [-0.2, 0) is 11.3 Å². The summed E-state index contributed by atoms with van der Waals surface area (Å²) in [6.45, 7) is 3.45. The summed E-state index contributed by atoms with van der Waals surface area (Å²) in [4.78, 5) is 15.1. The van der Waals surface area contributed by atoms with Crippen molar-refractivity contribution in [3.63, 3.8) is 0 Å². The van der Waals surface area contributed by atoms with E-state index in [1.807, 2.05) is 6.07 Å². The summed E-state index contributed by atoms with van der Waals surface area (Å²) in [5.41, 5.74) is 7.15. The first-order valence-electron chi connectivity index (χ1n) is 8.99. The Morgan fingerprint density at radius 2 is 1.96 bits per heavy atom. The molecule has 3 rings (SSSR count). The molecular formula is C19H29N3O. The van der Waals surface area contributed by atoms with E-state index in [4.69, 9.17) is 5.73 Å². The molecule has 1 unspecified atom stereocenters. The maximum atomic E-state index is 12.7. The number of nitrogens with one attached hydrogen (secondary N) is 1. The fourth-order valence-electron chi connectivity index (χ4n) is 4.05. The summed E-state index contributed by atoms with van der Waals surface area (Å²) in [7, 11) is 0. The fraction of sp³-hybridized carbons (Fsp3) is 0.632. The lowest BCUT2D eigenvalue weighted by molar-refractivity contribution is -0.128. The largest absolute Gasteiger partial charge is 0.349 e. The second kappa shape index (κ2) is 7.45. The zero-order valence-electron chi connectivity index (χ0n) is 14.0. The average Bonchev–Trinajstić information content (AvgIpc) is 3.05. The van der Waals surface area contributed by atoms with Crippen LogP contribution in [0.2, 0.25) is 0 Å². The summed E-state index contributed by atoms with van der Waals surface area (Å²) < 4.78 is 0. The molecule has 2 aliphatic rings. The van der Waals surface area contributed by atoms with E-state index in [1.54, 1.807) is 0 Å². The molecular weight excluding hydrogens is 286 g/mol. The van der Waals surface area contributed by atoms with E-state index in [0.717, 1.165) is 45.3 Å². The van der Waals surface area contributed by atoms with E-state index < -0.39 is 0 Å². The van der Waals surface area contributed by atoms with Crippen LogP contribution in [0.4, 0.5) is 0 Å².